The molecule has 0 spiro atoms. The quantitative estimate of drug-likeness (QED) is 0.0271. The number of carboxylic acids is 2. The van der Waals surface area contributed by atoms with Crippen LogP contribution in [-0.2, 0) is 33.6 Å². The van der Waals surface area contributed by atoms with Crippen LogP contribution in [0.25, 0.3) is 0 Å². The number of amides is 1. The third-order valence-corrected chi connectivity index (χ3v) is 26.2. The lowest BCUT2D eigenvalue weighted by molar-refractivity contribution is -0.147. The number of hydrogen-bond donors (Lipinski definition) is 29. The van der Waals surface area contributed by atoms with E-state index in [1.165, 1.54) is 32.6 Å². The van der Waals surface area contributed by atoms with Gasteiger partial charge in [-0.05, 0) is 80.5 Å². The number of nitrogens with one attached hydrogen (secondary N) is 5. The molecule has 5 aliphatic heterocycles. The summed E-state index contributed by atoms with van der Waals surface area (Å²) in [5, 5.41) is 292. The Bertz CT molecular complexity index is 5360. The fraction of sp³-hybridized carbons (Fsp3) is 0.539. The van der Waals surface area contributed by atoms with Gasteiger partial charge in [0, 0.05) is 78.8 Å². The summed E-state index contributed by atoms with van der Waals surface area (Å²) in [4.78, 5) is 116. The van der Waals surface area contributed by atoms with Gasteiger partial charge in [0.1, 0.15) is 97.7 Å². The molecular weight excluding hydrogens is 1920 g/mol. The number of aliphatic imine (C=N–C) groups is 17. The molecule has 0 saturated carbocycles. The topological polar surface area (TPSA) is 857 Å². The zero-order valence-corrected chi connectivity index (χ0v) is 80.5. The van der Waals surface area contributed by atoms with Crippen LogP contribution in [0.1, 0.15) is 109 Å². The van der Waals surface area contributed by atoms with Crippen molar-refractivity contribution in [1.29, 1.82) is 16.2 Å². The van der Waals surface area contributed by atoms with E-state index in [4.69, 9.17) is 32.7 Å². The van der Waals surface area contributed by atoms with Gasteiger partial charge in [-0.15, -0.1) is 0 Å². The van der Waals surface area contributed by atoms with Crippen LogP contribution in [0, 0.1) is 22.1 Å². The molecule has 0 aromatic heterocycles. The standard InChI is InChI=1S/C89H125N25O25S3/c1-43(2)66-84(133)109-59-41-140-40-58-79(128)108-60-42-142-45(4)68(86(135)105-55(75(124)110-66)34-48-22-12-7-13-23-48)111-76(125)54(33-47-20-10-6-11-21-47)104-82(131)61-26-17-31-114(61)65(118)38-98-72(121)53(32-46-18-8-5-9-19-46)103-78(127)57(106-80(60)129)36-95-29-15-14-24-52(87(136)137)102-85(134)67(112-77(126)56(35-63(92)116)99-64(117)37-97-83(132)69(113-81(59)130)70(119)88(138)139)44(3)141-39-49(90)71(120)100-50(25-16-30-96-89(93)94)73(122)101-51(74(123)107-58)27-28-62(91)115/h5-13,18-23,43-45,49-61,66-70,95,119H,14-17,24-42,90H2,1-4H3,(H2,91,115)(H2,92,116)(H,97,132)(H,98,121)(H,99,117)(H,100,120)(H,101,122)(H,102,134)(H,103,127)(H,104,131)(H,105,135)(H,106,129)(H,107,123)(H,108,128)(H,109,133)(H,110,124)(H,111,125)(H,112,126)(H,113,130)(H,136,137)(H,138,139)(H4,93,94,96)/t44-,45?,49+,50+,51+,52+,53+,54+,55+,56+,57?,58?,59?,60?,61?,66+,67?,68?,69?,70-/m1/s1. The monoisotopic (exact) mass is 2040 g/mol. The third-order valence-electron chi connectivity index (χ3n) is 22.5. The average Bonchev–Trinajstić information content (AvgIpc) is 1.70. The van der Waals surface area contributed by atoms with Crippen molar-refractivity contribution in [2.24, 2.45) is 102 Å². The maximum absolute atomic E-state index is 14.6. The smallest absolute Gasteiger partial charge is 0.335 e. The van der Waals surface area contributed by atoms with Crippen molar-refractivity contribution in [2.45, 2.75) is 230 Å². The molecule has 1 fully saturated rings. The Kier molecular flexibility index (Phi) is 44.8. The van der Waals surface area contributed by atoms with E-state index in [2.05, 4.69) is 90.5 Å². The second-order valence-corrected chi connectivity index (χ2v) is 37.8. The SMILES string of the molecule is CC1SCC2N=C(O)C3CSCC4N=C(O)[C@H](C(C)C)N=C(O)[C@H](Cc5ccccc5)N=C(O)C1N=C(O)[C@H](Cc1ccccc1)N=C(O)C1CCCN1C(=O)CN=C(O)[C@H](Cc1ccccc1)N=C(O)C(CNCCCC[C@@H](C(=O)O)N=C(O)C(N=C(O)[C@H](CC(=N)O)N=C(O)CN=C(O)C([C@@H](O)C(=O)O)N=C4O)[C@@H](C)SC[C@H](N)C(O)=N[C@@H](CCCNC(=N)N)C(O)=N[C@@H](CCC(=N)O)C(O)=N3)N=C2O. The maximum atomic E-state index is 14.6. The van der Waals surface area contributed by atoms with Crippen LogP contribution in [0.3, 0.4) is 0 Å². The zero-order valence-electron chi connectivity index (χ0n) is 78.0. The minimum Gasteiger partial charge on any atom is -0.497 e. The number of thioether (sulfide) groups is 3. The molecule has 3 aromatic rings. The van der Waals surface area contributed by atoms with Gasteiger partial charge >= 0.3 is 11.9 Å². The number of rotatable bonds is 19. The lowest BCUT2D eigenvalue weighted by Gasteiger charge is -2.25. The highest BCUT2D eigenvalue weighted by molar-refractivity contribution is 8.00. The summed E-state index contributed by atoms with van der Waals surface area (Å²) in [6.45, 7) is 2.84. The normalized spacial score (nSPS) is 28.0. The van der Waals surface area contributed by atoms with Crippen molar-refractivity contribution in [3.05, 3.63) is 108 Å². The van der Waals surface area contributed by atoms with E-state index in [-0.39, 0.29) is 71.0 Å². The number of hydrogen-bond acceptors (Lipinski definition) is 29. The Hall–Kier alpha value is -13.8. The molecule has 0 aliphatic carbocycles. The second kappa shape index (κ2) is 56.0. The van der Waals surface area contributed by atoms with Crippen LogP contribution < -0.4 is 22.1 Å². The lowest BCUT2D eigenvalue weighted by atomic mass is 10.0. The highest BCUT2D eigenvalue weighted by Crippen LogP contribution is 2.29. The molecule has 1 amide bonds. The van der Waals surface area contributed by atoms with Gasteiger partial charge in [0.2, 0.25) is 100 Å². The van der Waals surface area contributed by atoms with Gasteiger partial charge < -0.3 is 139 Å². The predicted molar refractivity (Wildman–Crippen MR) is 549 cm³/mol. The first-order valence-corrected chi connectivity index (χ1v) is 48.6. The molecule has 774 valence electrons. The number of aliphatic hydroxyl groups excluding tert-OH is 20. The largest absolute Gasteiger partial charge is 0.497 e. The molecule has 31 N–H and O–H groups in total. The zero-order chi connectivity index (χ0) is 104. The van der Waals surface area contributed by atoms with E-state index in [1.807, 2.05) is 0 Å². The fourth-order valence-corrected chi connectivity index (χ4v) is 17.9. The number of nitrogens with two attached hydrogens (primary N) is 2. The number of carbonyl (C=O) groups is 3. The number of aliphatic carboxylic acids is 2. The lowest BCUT2D eigenvalue weighted by Crippen LogP contribution is -2.43. The number of guanidine groups is 1. The summed E-state index contributed by atoms with van der Waals surface area (Å²) in [6.07, 6.45) is -6.71. The van der Waals surface area contributed by atoms with E-state index >= 15 is 0 Å². The minimum absolute atomic E-state index is 0.00181. The molecule has 0 radical (unpaired) electrons. The van der Waals surface area contributed by atoms with E-state index in [0.717, 1.165) is 23.5 Å². The summed E-state index contributed by atoms with van der Waals surface area (Å²) in [6, 6.07) is -7.13. The van der Waals surface area contributed by atoms with E-state index < -0.39 is 329 Å². The molecule has 8 rings (SSSR count). The average molecular weight is 2040 g/mol. The predicted octanol–water partition coefficient (Wildman–Crippen LogP) is 6.30. The third kappa shape index (κ3) is 35.8. The molecule has 5 aliphatic rings. The Morgan fingerprint density at radius 3 is 1.49 bits per heavy atom. The second-order valence-electron chi connectivity index (χ2n) is 33.9. The van der Waals surface area contributed by atoms with Crippen molar-refractivity contribution in [3.63, 3.8) is 0 Å². The summed E-state index contributed by atoms with van der Waals surface area (Å²) in [5.41, 5.74) is 13.6. The molecule has 3 aromatic carbocycles. The van der Waals surface area contributed by atoms with Crippen molar-refractivity contribution < 1.29 is 127 Å². The van der Waals surface area contributed by atoms with Gasteiger partial charge in [0.15, 0.2) is 41.8 Å². The van der Waals surface area contributed by atoms with E-state index in [9.17, 15) is 127 Å². The highest BCUT2D eigenvalue weighted by Gasteiger charge is 2.40. The molecule has 9 unspecified atom stereocenters. The fourth-order valence-electron chi connectivity index (χ4n) is 14.7. The summed E-state index contributed by atoms with van der Waals surface area (Å²) in [5.74, 6) is -29.8. The van der Waals surface area contributed by atoms with Crippen LogP contribution in [0.5, 0.6) is 0 Å². The molecule has 20 atom stereocenters. The molecule has 6 bridgehead atoms. The number of fused-ring (bicyclic) bond motifs is 17. The molecule has 53 heteroatoms. The van der Waals surface area contributed by atoms with E-state index in [0.29, 0.717) is 34.9 Å². The van der Waals surface area contributed by atoms with Crippen LogP contribution >= 0.6 is 35.3 Å². The number of aliphatic hydroxyl groups is 20. The van der Waals surface area contributed by atoms with Gasteiger partial charge in [0.25, 0.3) is 0 Å². The van der Waals surface area contributed by atoms with Crippen LogP contribution in [0.15, 0.2) is 176 Å². The van der Waals surface area contributed by atoms with Gasteiger partial charge in [-0.3, -0.25) is 21.0 Å². The van der Waals surface area contributed by atoms with Gasteiger partial charge in [-0.25, -0.2) is 94.5 Å². The number of benzene rings is 3. The Labute approximate surface area is 828 Å². The summed E-state index contributed by atoms with van der Waals surface area (Å²) in [7, 11) is 0. The maximum Gasteiger partial charge on any atom is 0.335 e. The summed E-state index contributed by atoms with van der Waals surface area (Å²) >= 11 is 2.03. The molecule has 5 heterocycles. The molecule has 142 heavy (non-hydrogen) atoms. The van der Waals surface area contributed by atoms with Crippen LogP contribution in [0.4, 0.5) is 0 Å². The van der Waals surface area contributed by atoms with Gasteiger partial charge in [-0.1, -0.05) is 119 Å². The Morgan fingerprint density at radius 1 is 0.472 bits per heavy atom. The number of carboxylic acid groups (broad SMARTS) is 2. The number of nitrogens with zero attached hydrogens (tertiary/aromatic N) is 18. The van der Waals surface area contributed by atoms with Crippen molar-refractivity contribution in [2.75, 3.05) is 62.3 Å². The van der Waals surface area contributed by atoms with Crippen molar-refractivity contribution in [3.8, 4) is 0 Å². The summed E-state index contributed by atoms with van der Waals surface area (Å²) < 4.78 is 0. The molecule has 1 saturated heterocycles. The molecular formula is C89H125N25O25S3. The minimum atomic E-state index is -2.93. The van der Waals surface area contributed by atoms with Crippen molar-refractivity contribution in [1.82, 2.24) is 15.5 Å². The Morgan fingerprint density at radius 2 is 0.930 bits per heavy atom. The first-order valence-electron chi connectivity index (χ1n) is 45.3. The first-order chi connectivity index (χ1) is 67.4. The van der Waals surface area contributed by atoms with E-state index in [1.54, 1.807) is 91.0 Å². The van der Waals surface area contributed by atoms with Crippen molar-refractivity contribution >= 4 is 171 Å². The first kappa shape index (κ1) is 113. The van der Waals surface area contributed by atoms with Crippen LogP contribution in [0.2, 0.25) is 0 Å². The number of carbonyl (C=O) groups excluding carboxylic acids is 1. The highest BCUT2D eigenvalue weighted by atomic mass is 32.2. The van der Waals surface area contributed by atoms with Crippen LogP contribution in [-0.4, -0.2) is 435 Å². The van der Waals surface area contributed by atoms with Gasteiger partial charge in [-0.2, -0.15) is 35.3 Å². The molecule has 50 nitrogen and oxygen atoms in total. The van der Waals surface area contributed by atoms with Gasteiger partial charge in [0.05, 0.1) is 12.5 Å². The Balaban J connectivity index is 1.58.